The van der Waals surface area contributed by atoms with Crippen molar-refractivity contribution < 1.29 is 4.74 Å². The van der Waals surface area contributed by atoms with Gasteiger partial charge in [-0.3, -0.25) is 0 Å². The van der Waals surface area contributed by atoms with Crippen LogP contribution in [-0.2, 0) is 10.3 Å². The Kier molecular flexibility index (Phi) is 4.98. The molecular weight excluding hydrogens is 256 g/mol. The van der Waals surface area contributed by atoms with E-state index < -0.39 is 0 Å². The van der Waals surface area contributed by atoms with Crippen LogP contribution in [0.4, 0.5) is 0 Å². The molecular formula is C15H26N2OS. The molecule has 1 fully saturated rings. The molecule has 1 aromatic rings. The molecule has 0 bridgehead atoms. The van der Waals surface area contributed by atoms with E-state index in [4.69, 9.17) is 4.74 Å². The van der Waals surface area contributed by atoms with Gasteiger partial charge in [0, 0.05) is 23.7 Å². The van der Waals surface area contributed by atoms with Crippen molar-refractivity contribution in [3.05, 3.63) is 16.1 Å². The molecule has 19 heavy (non-hydrogen) atoms. The highest BCUT2D eigenvalue weighted by Gasteiger charge is 2.39. The van der Waals surface area contributed by atoms with Gasteiger partial charge in [0.15, 0.2) is 0 Å². The highest BCUT2D eigenvalue weighted by Crippen LogP contribution is 2.44. The Morgan fingerprint density at radius 1 is 1.53 bits per heavy atom. The second kappa shape index (κ2) is 6.33. The zero-order chi connectivity index (χ0) is 13.9. The topological polar surface area (TPSA) is 34.1 Å². The van der Waals surface area contributed by atoms with Crippen LogP contribution in [0, 0.1) is 5.92 Å². The summed E-state index contributed by atoms with van der Waals surface area (Å²) in [6, 6.07) is 0.368. The van der Waals surface area contributed by atoms with Crippen molar-refractivity contribution in [2.24, 2.45) is 5.92 Å². The summed E-state index contributed by atoms with van der Waals surface area (Å²) in [6.07, 6.45) is 6.73. The normalized spacial score (nSPS) is 29.4. The van der Waals surface area contributed by atoms with Crippen molar-refractivity contribution in [2.75, 3.05) is 13.7 Å². The lowest BCUT2D eigenvalue weighted by Crippen LogP contribution is -2.34. The van der Waals surface area contributed by atoms with Gasteiger partial charge in [0.1, 0.15) is 10.6 Å². The Bertz CT molecular complexity index is 397. The highest BCUT2D eigenvalue weighted by molar-refractivity contribution is 7.11. The summed E-state index contributed by atoms with van der Waals surface area (Å²) in [7, 11) is 1.99. The van der Waals surface area contributed by atoms with Crippen LogP contribution in [0.3, 0.4) is 0 Å². The van der Waals surface area contributed by atoms with Gasteiger partial charge in [-0.15, -0.1) is 11.3 Å². The minimum atomic E-state index is -0.113. The number of nitrogens with zero attached hydrogens (tertiary/aromatic N) is 1. The van der Waals surface area contributed by atoms with Crippen LogP contribution in [0.2, 0.25) is 0 Å². The fourth-order valence-electron chi connectivity index (χ4n) is 2.76. The van der Waals surface area contributed by atoms with E-state index in [1.54, 1.807) is 0 Å². The third kappa shape index (κ3) is 3.18. The van der Waals surface area contributed by atoms with Crippen molar-refractivity contribution in [1.82, 2.24) is 10.3 Å². The first-order chi connectivity index (χ1) is 9.11. The first kappa shape index (κ1) is 14.9. The van der Waals surface area contributed by atoms with Crippen LogP contribution in [-0.4, -0.2) is 18.6 Å². The van der Waals surface area contributed by atoms with E-state index in [0.29, 0.717) is 6.04 Å². The molecule has 1 aliphatic rings. The minimum Gasteiger partial charge on any atom is -0.368 e. The molecule has 108 valence electrons. The zero-order valence-electron chi connectivity index (χ0n) is 12.5. The molecule has 1 saturated carbocycles. The molecule has 0 spiro atoms. The van der Waals surface area contributed by atoms with Gasteiger partial charge >= 0.3 is 0 Å². The quantitative estimate of drug-likeness (QED) is 0.890. The molecule has 0 aromatic carbocycles. The Morgan fingerprint density at radius 2 is 2.21 bits per heavy atom. The largest absolute Gasteiger partial charge is 0.368 e. The van der Waals surface area contributed by atoms with E-state index in [0.717, 1.165) is 25.4 Å². The maximum Gasteiger partial charge on any atom is 0.125 e. The van der Waals surface area contributed by atoms with Crippen LogP contribution >= 0.6 is 11.3 Å². The van der Waals surface area contributed by atoms with E-state index in [9.17, 15) is 0 Å². The zero-order valence-corrected chi connectivity index (χ0v) is 13.3. The van der Waals surface area contributed by atoms with E-state index in [-0.39, 0.29) is 5.60 Å². The van der Waals surface area contributed by atoms with Crippen molar-refractivity contribution >= 4 is 11.3 Å². The number of ether oxygens (including phenoxy) is 1. The fourth-order valence-corrected chi connectivity index (χ4v) is 3.94. The molecule has 1 N–H and O–H groups in total. The molecule has 3 nitrogen and oxygen atoms in total. The summed E-state index contributed by atoms with van der Waals surface area (Å²) >= 11 is 1.81. The number of nitrogens with one attached hydrogen (secondary N) is 1. The summed E-state index contributed by atoms with van der Waals surface area (Å²) in [6.45, 7) is 7.37. The van der Waals surface area contributed by atoms with Crippen molar-refractivity contribution in [1.29, 1.82) is 0 Å². The number of aromatic nitrogens is 1. The number of hydrogen-bond acceptors (Lipinski definition) is 4. The van der Waals surface area contributed by atoms with Gasteiger partial charge in [0.25, 0.3) is 0 Å². The molecule has 1 unspecified atom stereocenters. The smallest absolute Gasteiger partial charge is 0.125 e. The second-order valence-electron chi connectivity index (χ2n) is 5.69. The number of thiazole rings is 1. The Balaban J connectivity index is 2.21. The van der Waals surface area contributed by atoms with E-state index in [2.05, 4.69) is 31.1 Å². The van der Waals surface area contributed by atoms with Crippen LogP contribution in [0.5, 0.6) is 0 Å². The van der Waals surface area contributed by atoms with E-state index in [1.165, 1.54) is 22.7 Å². The first-order valence-electron chi connectivity index (χ1n) is 7.38. The first-order valence-corrected chi connectivity index (χ1v) is 8.20. The lowest BCUT2D eigenvalue weighted by molar-refractivity contribution is -0.0776. The van der Waals surface area contributed by atoms with E-state index in [1.807, 2.05) is 24.6 Å². The maximum atomic E-state index is 6.16. The lowest BCUT2D eigenvalue weighted by Gasteiger charge is -2.37. The van der Waals surface area contributed by atoms with Gasteiger partial charge in [-0.05, 0) is 52.5 Å². The molecule has 2 rings (SSSR count). The van der Waals surface area contributed by atoms with Gasteiger partial charge < -0.3 is 10.1 Å². The van der Waals surface area contributed by atoms with Crippen molar-refractivity contribution in [2.45, 2.75) is 58.1 Å². The average molecular weight is 282 g/mol. The average Bonchev–Trinajstić information content (AvgIpc) is 2.91. The maximum absolute atomic E-state index is 6.16. The fraction of sp³-hybridized carbons (Fsp3) is 0.800. The Hall–Kier alpha value is -0.450. The van der Waals surface area contributed by atoms with Crippen molar-refractivity contribution in [3.63, 3.8) is 0 Å². The standard InChI is InChI=1S/C15H26N2OS/c1-5-18-15(8-6-11(2)7-9-15)14-17-10-13(19-14)12(3)16-4/h10-12,16H,5-9H2,1-4H3. The second-order valence-corrected chi connectivity index (χ2v) is 6.75. The van der Waals surface area contributed by atoms with Crippen LogP contribution in [0.1, 0.15) is 62.4 Å². The van der Waals surface area contributed by atoms with Crippen LogP contribution in [0.25, 0.3) is 0 Å². The molecule has 1 atom stereocenters. The van der Waals surface area contributed by atoms with Gasteiger partial charge in [-0.1, -0.05) is 6.92 Å². The molecule has 4 heteroatoms. The molecule has 0 radical (unpaired) electrons. The molecule has 1 aromatic heterocycles. The third-order valence-corrected chi connectivity index (χ3v) is 5.64. The Labute approximate surface area is 120 Å². The highest BCUT2D eigenvalue weighted by atomic mass is 32.1. The summed E-state index contributed by atoms with van der Waals surface area (Å²) in [5.41, 5.74) is -0.113. The third-order valence-electron chi connectivity index (χ3n) is 4.28. The van der Waals surface area contributed by atoms with E-state index >= 15 is 0 Å². The monoisotopic (exact) mass is 282 g/mol. The predicted octanol–water partition coefficient (Wildman–Crippen LogP) is 3.87. The van der Waals surface area contributed by atoms with Crippen LogP contribution in [0.15, 0.2) is 6.20 Å². The number of rotatable bonds is 5. The van der Waals surface area contributed by atoms with Crippen molar-refractivity contribution in [3.8, 4) is 0 Å². The molecule has 0 saturated heterocycles. The molecule has 0 amide bonds. The predicted molar refractivity (Wildman–Crippen MR) is 80.5 cm³/mol. The molecule has 0 aliphatic heterocycles. The number of hydrogen-bond donors (Lipinski definition) is 1. The lowest BCUT2D eigenvalue weighted by atomic mass is 9.80. The molecule has 1 heterocycles. The summed E-state index contributed by atoms with van der Waals surface area (Å²) in [5.74, 6) is 0.823. The van der Waals surface area contributed by atoms with Gasteiger partial charge in [0.2, 0.25) is 0 Å². The minimum absolute atomic E-state index is 0.113. The van der Waals surface area contributed by atoms with Crippen LogP contribution < -0.4 is 5.32 Å². The summed E-state index contributed by atoms with van der Waals surface area (Å²) < 4.78 is 6.16. The van der Waals surface area contributed by atoms with Gasteiger partial charge in [-0.2, -0.15) is 0 Å². The van der Waals surface area contributed by atoms with Gasteiger partial charge in [-0.25, -0.2) is 4.98 Å². The molecule has 1 aliphatic carbocycles. The van der Waals surface area contributed by atoms with Gasteiger partial charge in [0.05, 0.1) is 0 Å². The SMILES string of the molecule is CCOC1(c2ncc(C(C)NC)s2)CCC(C)CC1. The summed E-state index contributed by atoms with van der Waals surface area (Å²) in [5, 5.41) is 4.46. The summed E-state index contributed by atoms with van der Waals surface area (Å²) in [4.78, 5) is 5.98. The Morgan fingerprint density at radius 3 is 2.79 bits per heavy atom.